The van der Waals surface area contributed by atoms with Crippen LogP contribution in [0.5, 0.6) is 11.5 Å². The van der Waals surface area contributed by atoms with Crippen LogP contribution in [-0.2, 0) is 26.1 Å². The van der Waals surface area contributed by atoms with E-state index in [4.69, 9.17) is 9.47 Å². The number of pyridine rings is 1. The molecule has 0 bridgehead atoms. The number of halogens is 1. The van der Waals surface area contributed by atoms with Crippen LogP contribution >= 0.6 is 0 Å². The highest BCUT2D eigenvalue weighted by Gasteiger charge is 2.26. The predicted molar refractivity (Wildman–Crippen MR) is 128 cm³/mol. The SMILES string of the molecule is O=C(/C=C/c1ccc(Oc2cccnc2)c(F)c1)NCc1ccc(S(=O)(=O)N2CCOCC2)cc1. The third kappa shape index (κ3) is 6.50. The summed E-state index contributed by atoms with van der Waals surface area (Å²) in [4.78, 5) is 16.3. The lowest BCUT2D eigenvalue weighted by Crippen LogP contribution is -2.40. The Bertz CT molecular complexity index is 1290. The summed E-state index contributed by atoms with van der Waals surface area (Å²) in [7, 11) is -3.56. The van der Waals surface area contributed by atoms with Gasteiger partial charge in [0.1, 0.15) is 5.75 Å². The quantitative estimate of drug-likeness (QED) is 0.480. The van der Waals surface area contributed by atoms with Gasteiger partial charge in [-0.05, 0) is 53.6 Å². The molecule has 3 aromatic rings. The highest BCUT2D eigenvalue weighted by atomic mass is 32.2. The molecule has 1 aliphatic rings. The zero-order valence-corrected chi connectivity index (χ0v) is 19.6. The summed E-state index contributed by atoms with van der Waals surface area (Å²) in [6.07, 6.45) is 5.86. The third-order valence-corrected chi connectivity index (χ3v) is 7.16. The molecule has 0 unspecified atom stereocenters. The van der Waals surface area contributed by atoms with Gasteiger partial charge in [-0.15, -0.1) is 0 Å². The van der Waals surface area contributed by atoms with E-state index in [0.29, 0.717) is 37.6 Å². The summed E-state index contributed by atoms with van der Waals surface area (Å²) in [5.41, 5.74) is 1.24. The van der Waals surface area contributed by atoms with Gasteiger partial charge in [0.2, 0.25) is 15.9 Å². The molecule has 1 saturated heterocycles. The van der Waals surface area contributed by atoms with Crippen molar-refractivity contribution >= 4 is 22.0 Å². The molecule has 182 valence electrons. The van der Waals surface area contributed by atoms with E-state index in [-0.39, 0.29) is 23.1 Å². The van der Waals surface area contributed by atoms with Crippen LogP contribution in [0.15, 0.2) is 78.0 Å². The fourth-order valence-electron chi connectivity index (χ4n) is 3.37. The first-order chi connectivity index (χ1) is 16.9. The monoisotopic (exact) mass is 497 g/mol. The summed E-state index contributed by atoms with van der Waals surface area (Å²) in [6.45, 7) is 1.64. The summed E-state index contributed by atoms with van der Waals surface area (Å²) in [5, 5.41) is 2.72. The van der Waals surface area contributed by atoms with Crippen molar-refractivity contribution in [2.45, 2.75) is 11.4 Å². The van der Waals surface area contributed by atoms with Gasteiger partial charge in [0, 0.05) is 31.9 Å². The fourth-order valence-corrected chi connectivity index (χ4v) is 4.78. The second-order valence-electron chi connectivity index (χ2n) is 7.69. The number of nitrogens with one attached hydrogen (secondary N) is 1. The number of ether oxygens (including phenoxy) is 2. The average molecular weight is 498 g/mol. The average Bonchev–Trinajstić information content (AvgIpc) is 2.89. The highest BCUT2D eigenvalue weighted by Crippen LogP contribution is 2.25. The predicted octanol–water partition coefficient (Wildman–Crippen LogP) is 3.36. The van der Waals surface area contributed by atoms with Gasteiger partial charge in [0.15, 0.2) is 11.6 Å². The van der Waals surface area contributed by atoms with Crippen molar-refractivity contribution in [1.29, 1.82) is 0 Å². The number of rotatable bonds is 8. The largest absolute Gasteiger partial charge is 0.453 e. The van der Waals surface area contributed by atoms with Gasteiger partial charge in [-0.2, -0.15) is 4.31 Å². The van der Waals surface area contributed by atoms with Crippen LogP contribution in [-0.4, -0.2) is 49.9 Å². The van der Waals surface area contributed by atoms with Crippen molar-refractivity contribution in [2.24, 2.45) is 0 Å². The number of carbonyl (C=O) groups is 1. The van der Waals surface area contributed by atoms with Crippen molar-refractivity contribution in [1.82, 2.24) is 14.6 Å². The van der Waals surface area contributed by atoms with Crippen LogP contribution in [0, 0.1) is 5.82 Å². The summed E-state index contributed by atoms with van der Waals surface area (Å²) in [6, 6.07) is 14.1. The van der Waals surface area contributed by atoms with Gasteiger partial charge in [-0.1, -0.05) is 18.2 Å². The van der Waals surface area contributed by atoms with E-state index in [1.807, 2.05) is 0 Å². The molecule has 35 heavy (non-hydrogen) atoms. The van der Waals surface area contributed by atoms with Crippen LogP contribution in [0.4, 0.5) is 4.39 Å². The molecule has 10 heteroatoms. The van der Waals surface area contributed by atoms with Crippen LogP contribution in [0.1, 0.15) is 11.1 Å². The molecule has 0 aliphatic carbocycles. The zero-order chi connectivity index (χ0) is 24.7. The molecule has 8 nitrogen and oxygen atoms in total. The van der Waals surface area contributed by atoms with Crippen LogP contribution in [0.25, 0.3) is 6.08 Å². The summed E-state index contributed by atoms with van der Waals surface area (Å²) < 4.78 is 51.7. The van der Waals surface area contributed by atoms with E-state index in [9.17, 15) is 17.6 Å². The first kappa shape index (κ1) is 24.5. The molecule has 0 saturated carbocycles. The summed E-state index contributed by atoms with van der Waals surface area (Å²) >= 11 is 0. The lowest BCUT2D eigenvalue weighted by atomic mass is 10.2. The smallest absolute Gasteiger partial charge is 0.244 e. The zero-order valence-electron chi connectivity index (χ0n) is 18.8. The Morgan fingerprint density at radius 1 is 1.14 bits per heavy atom. The molecule has 2 aromatic carbocycles. The van der Waals surface area contributed by atoms with Gasteiger partial charge in [-0.3, -0.25) is 9.78 Å². The van der Waals surface area contributed by atoms with Crippen molar-refractivity contribution in [3.8, 4) is 11.5 Å². The van der Waals surface area contributed by atoms with E-state index >= 15 is 0 Å². The maximum atomic E-state index is 14.3. The Balaban J connectivity index is 1.30. The summed E-state index contributed by atoms with van der Waals surface area (Å²) in [5.74, 6) is -0.464. The first-order valence-corrected chi connectivity index (χ1v) is 12.4. The van der Waals surface area contributed by atoms with E-state index in [1.54, 1.807) is 36.5 Å². The molecular weight excluding hydrogens is 473 g/mol. The third-order valence-electron chi connectivity index (χ3n) is 5.24. The number of hydrogen-bond acceptors (Lipinski definition) is 6. The molecule has 1 fully saturated rings. The Hall–Kier alpha value is -3.60. The number of amides is 1. The van der Waals surface area contributed by atoms with E-state index in [1.165, 1.54) is 46.9 Å². The van der Waals surface area contributed by atoms with Crippen LogP contribution in [0.3, 0.4) is 0 Å². The lowest BCUT2D eigenvalue weighted by molar-refractivity contribution is -0.116. The molecule has 1 N–H and O–H groups in total. The van der Waals surface area contributed by atoms with Gasteiger partial charge >= 0.3 is 0 Å². The molecular formula is C25H24FN3O5S. The van der Waals surface area contributed by atoms with Crippen LogP contribution in [0.2, 0.25) is 0 Å². The van der Waals surface area contributed by atoms with Crippen LogP contribution < -0.4 is 10.1 Å². The molecule has 1 aliphatic heterocycles. The fraction of sp³-hybridized carbons (Fsp3) is 0.200. The maximum absolute atomic E-state index is 14.3. The first-order valence-electron chi connectivity index (χ1n) is 10.9. The topological polar surface area (TPSA) is 97.8 Å². The Morgan fingerprint density at radius 2 is 1.91 bits per heavy atom. The second kappa shape index (κ2) is 11.2. The van der Waals surface area contributed by atoms with E-state index in [2.05, 4.69) is 10.3 Å². The lowest BCUT2D eigenvalue weighted by Gasteiger charge is -2.26. The van der Waals surface area contributed by atoms with Crippen molar-refractivity contribution in [2.75, 3.05) is 26.3 Å². The minimum Gasteiger partial charge on any atom is -0.453 e. The number of sulfonamides is 1. The van der Waals surface area contributed by atoms with Crippen molar-refractivity contribution in [3.63, 3.8) is 0 Å². The molecule has 0 spiro atoms. The number of carbonyl (C=O) groups excluding carboxylic acids is 1. The Labute approximate surface area is 203 Å². The molecule has 0 atom stereocenters. The van der Waals surface area contributed by atoms with Gasteiger partial charge < -0.3 is 14.8 Å². The Kier molecular flexibility index (Phi) is 7.86. The van der Waals surface area contributed by atoms with Gasteiger partial charge in [0.05, 0.1) is 24.3 Å². The van der Waals surface area contributed by atoms with Gasteiger partial charge in [0.25, 0.3) is 0 Å². The normalized spacial score (nSPS) is 14.7. The van der Waals surface area contributed by atoms with Gasteiger partial charge in [-0.25, -0.2) is 12.8 Å². The number of morpholine rings is 1. The minimum absolute atomic E-state index is 0.0543. The standard InChI is InChI=1S/C25H24FN3O5S/c26-23-16-19(5-9-24(23)34-21-2-1-11-27-18-21)6-10-25(30)28-17-20-3-7-22(8-4-20)35(31,32)29-12-14-33-15-13-29/h1-11,16,18H,12-15,17H2,(H,28,30)/b10-6+. The number of benzene rings is 2. The molecule has 2 heterocycles. The van der Waals surface area contributed by atoms with E-state index < -0.39 is 15.8 Å². The van der Waals surface area contributed by atoms with Crippen molar-refractivity contribution < 1.29 is 27.1 Å². The molecule has 1 amide bonds. The number of aromatic nitrogens is 1. The second-order valence-corrected chi connectivity index (χ2v) is 9.63. The Morgan fingerprint density at radius 3 is 2.60 bits per heavy atom. The number of nitrogens with zero attached hydrogens (tertiary/aromatic N) is 2. The van der Waals surface area contributed by atoms with Crippen molar-refractivity contribution in [3.05, 3.63) is 90.0 Å². The molecule has 0 radical (unpaired) electrons. The molecule has 4 rings (SSSR count). The maximum Gasteiger partial charge on any atom is 0.244 e. The molecule has 1 aromatic heterocycles. The highest BCUT2D eigenvalue weighted by molar-refractivity contribution is 7.89. The van der Waals surface area contributed by atoms with E-state index in [0.717, 1.165) is 5.56 Å². The number of hydrogen-bond donors (Lipinski definition) is 1. The minimum atomic E-state index is -3.56.